The van der Waals surface area contributed by atoms with Crippen LogP contribution in [0.25, 0.3) is 27.6 Å². The van der Waals surface area contributed by atoms with E-state index in [0.29, 0.717) is 0 Å². The smallest absolute Gasteiger partial charge is 0.0953 e. The summed E-state index contributed by atoms with van der Waals surface area (Å²) in [4.78, 5) is 4.28. The Morgan fingerprint density at radius 3 is 2.57 bits per heavy atom. The molecule has 3 aromatic carbocycles. The number of rotatable bonds is 3. The summed E-state index contributed by atoms with van der Waals surface area (Å²) < 4.78 is 2.18. The van der Waals surface area contributed by atoms with Gasteiger partial charge in [0.25, 0.3) is 0 Å². The van der Waals surface area contributed by atoms with E-state index in [0.717, 1.165) is 12.2 Å². The van der Waals surface area contributed by atoms with Crippen LogP contribution in [0.4, 0.5) is 0 Å². The third-order valence-corrected chi connectivity index (χ3v) is 4.26. The second kappa shape index (κ2) is 5.73. The quantitative estimate of drug-likeness (QED) is 0.471. The second-order valence-electron chi connectivity index (χ2n) is 5.78. The fourth-order valence-corrected chi connectivity index (χ4v) is 3.13. The molecule has 23 heavy (non-hydrogen) atoms. The van der Waals surface area contributed by atoms with E-state index in [1.54, 1.807) is 0 Å². The van der Waals surface area contributed by atoms with Crippen LogP contribution >= 0.6 is 0 Å². The van der Waals surface area contributed by atoms with Crippen LogP contribution in [0.2, 0.25) is 0 Å². The minimum Gasteiger partial charge on any atom is -0.327 e. The van der Waals surface area contributed by atoms with Crippen molar-refractivity contribution in [3.63, 3.8) is 0 Å². The molecule has 0 bridgehead atoms. The number of imidazole rings is 1. The highest BCUT2D eigenvalue weighted by molar-refractivity contribution is 5.99. The molecule has 0 atom stereocenters. The number of aromatic nitrogens is 2. The summed E-state index contributed by atoms with van der Waals surface area (Å²) in [5.41, 5.74) is 2.45. The Labute approximate surface area is 135 Å². The average molecular weight is 298 g/mol. The van der Waals surface area contributed by atoms with Gasteiger partial charge in [0, 0.05) is 6.54 Å². The zero-order valence-electron chi connectivity index (χ0n) is 13.1. The van der Waals surface area contributed by atoms with Crippen molar-refractivity contribution in [3.8, 4) is 0 Å². The molecule has 0 fully saturated rings. The minimum absolute atomic E-state index is 0.829. The van der Waals surface area contributed by atoms with Gasteiger partial charge in [0.15, 0.2) is 0 Å². The van der Waals surface area contributed by atoms with Gasteiger partial charge < -0.3 is 4.57 Å². The molecule has 0 unspecified atom stereocenters. The van der Waals surface area contributed by atoms with Crippen molar-refractivity contribution in [2.45, 2.75) is 13.5 Å². The van der Waals surface area contributed by atoms with Crippen LogP contribution in [-0.2, 0) is 6.54 Å². The second-order valence-corrected chi connectivity index (χ2v) is 5.78. The molecular weight excluding hydrogens is 280 g/mol. The Kier molecular flexibility index (Phi) is 3.43. The molecule has 0 radical (unpaired) electrons. The predicted molar refractivity (Wildman–Crippen MR) is 97.5 cm³/mol. The van der Waals surface area contributed by atoms with Gasteiger partial charge in [-0.25, -0.2) is 4.98 Å². The summed E-state index contributed by atoms with van der Waals surface area (Å²) >= 11 is 0. The highest BCUT2D eigenvalue weighted by Gasteiger charge is 2.05. The molecule has 0 saturated heterocycles. The van der Waals surface area contributed by atoms with Crippen LogP contribution < -0.4 is 0 Å². The Bertz CT molecular complexity index is 1010. The lowest BCUT2D eigenvalue weighted by molar-refractivity contribution is 0.794. The van der Waals surface area contributed by atoms with E-state index in [9.17, 15) is 0 Å². The van der Waals surface area contributed by atoms with Crippen LogP contribution in [0.1, 0.15) is 18.2 Å². The zero-order valence-corrected chi connectivity index (χ0v) is 13.1. The first-order valence-electron chi connectivity index (χ1n) is 7.88. The lowest BCUT2D eigenvalue weighted by Gasteiger charge is -2.10. The van der Waals surface area contributed by atoms with Crippen LogP contribution in [0.3, 0.4) is 0 Å². The number of nitrogens with zero attached hydrogens (tertiary/aromatic N) is 2. The normalized spacial score (nSPS) is 11.7. The van der Waals surface area contributed by atoms with Crippen molar-refractivity contribution in [2.24, 2.45) is 0 Å². The molecule has 0 aliphatic carbocycles. The molecule has 0 aliphatic rings. The van der Waals surface area contributed by atoms with Crippen molar-refractivity contribution >= 4 is 27.6 Å². The molecule has 1 aromatic heterocycles. The standard InChI is InChI=1S/C21H18N2/c1-2-6-20-13-22-15-23(20)14-19-10-5-9-18-11-16-7-3-4-8-17(16)12-21(18)19/h2-13,15H,14H2,1H3. The van der Waals surface area contributed by atoms with Crippen LogP contribution in [0, 0.1) is 0 Å². The molecule has 1 heterocycles. The summed E-state index contributed by atoms with van der Waals surface area (Å²) in [5, 5.41) is 5.17. The molecule has 2 heteroatoms. The third-order valence-electron chi connectivity index (χ3n) is 4.26. The van der Waals surface area contributed by atoms with Crippen LogP contribution in [0.5, 0.6) is 0 Å². The number of fused-ring (bicyclic) bond motifs is 2. The summed E-state index contributed by atoms with van der Waals surface area (Å²) in [5.74, 6) is 0. The average Bonchev–Trinajstić information content (AvgIpc) is 3.01. The molecule has 112 valence electrons. The van der Waals surface area contributed by atoms with Gasteiger partial charge in [0.2, 0.25) is 0 Å². The first-order chi connectivity index (χ1) is 11.3. The van der Waals surface area contributed by atoms with Gasteiger partial charge in [-0.1, -0.05) is 48.5 Å². The van der Waals surface area contributed by atoms with Crippen molar-refractivity contribution in [1.82, 2.24) is 9.55 Å². The first kappa shape index (κ1) is 13.8. The number of hydrogen-bond donors (Lipinski definition) is 0. The lowest BCUT2D eigenvalue weighted by Crippen LogP contribution is -2.01. The van der Waals surface area contributed by atoms with E-state index in [2.05, 4.69) is 70.2 Å². The van der Waals surface area contributed by atoms with E-state index < -0.39 is 0 Å². The molecule has 0 saturated carbocycles. The van der Waals surface area contributed by atoms with Gasteiger partial charge in [0.05, 0.1) is 18.2 Å². The third kappa shape index (κ3) is 2.53. The van der Waals surface area contributed by atoms with Crippen molar-refractivity contribution in [3.05, 3.63) is 84.5 Å². The summed E-state index contributed by atoms with van der Waals surface area (Å²) in [6, 6.07) is 19.6. The molecule has 0 amide bonds. The van der Waals surface area contributed by atoms with E-state index in [1.807, 2.05) is 25.5 Å². The monoisotopic (exact) mass is 298 g/mol. The molecule has 0 spiro atoms. The van der Waals surface area contributed by atoms with Gasteiger partial charge in [-0.2, -0.15) is 0 Å². The maximum atomic E-state index is 4.28. The molecule has 4 aromatic rings. The Hall–Kier alpha value is -2.87. The first-order valence-corrected chi connectivity index (χ1v) is 7.88. The van der Waals surface area contributed by atoms with Gasteiger partial charge >= 0.3 is 0 Å². The zero-order chi connectivity index (χ0) is 15.6. The highest BCUT2D eigenvalue weighted by Crippen LogP contribution is 2.26. The van der Waals surface area contributed by atoms with E-state index in [1.165, 1.54) is 27.1 Å². The van der Waals surface area contributed by atoms with Gasteiger partial charge in [-0.05, 0) is 52.2 Å². The largest absolute Gasteiger partial charge is 0.327 e. The topological polar surface area (TPSA) is 17.8 Å². The fourth-order valence-electron chi connectivity index (χ4n) is 3.13. The SMILES string of the molecule is CC=Cc1cncn1Cc1cccc2cc3ccccc3cc12. The molecule has 4 rings (SSSR count). The van der Waals surface area contributed by atoms with Crippen molar-refractivity contribution < 1.29 is 0 Å². The Morgan fingerprint density at radius 2 is 1.74 bits per heavy atom. The molecule has 2 nitrogen and oxygen atoms in total. The maximum absolute atomic E-state index is 4.28. The van der Waals surface area contributed by atoms with Crippen molar-refractivity contribution in [2.75, 3.05) is 0 Å². The van der Waals surface area contributed by atoms with Crippen molar-refractivity contribution in [1.29, 1.82) is 0 Å². The predicted octanol–water partition coefficient (Wildman–Crippen LogP) is 5.27. The fraction of sp³-hybridized carbons (Fsp3) is 0.0952. The molecule has 0 N–H and O–H groups in total. The van der Waals surface area contributed by atoms with E-state index >= 15 is 0 Å². The minimum atomic E-state index is 0.829. The lowest BCUT2D eigenvalue weighted by atomic mass is 9.99. The number of benzene rings is 3. The van der Waals surface area contributed by atoms with Crippen LogP contribution in [0.15, 0.2) is 73.2 Å². The number of allylic oxidation sites excluding steroid dienone is 1. The van der Waals surface area contributed by atoms with Gasteiger partial charge in [-0.3, -0.25) is 0 Å². The Balaban J connectivity index is 1.86. The number of hydrogen-bond acceptors (Lipinski definition) is 1. The molecular formula is C21H18N2. The van der Waals surface area contributed by atoms with Crippen LogP contribution in [-0.4, -0.2) is 9.55 Å². The Morgan fingerprint density at radius 1 is 0.957 bits per heavy atom. The highest BCUT2D eigenvalue weighted by atomic mass is 15.0. The van der Waals surface area contributed by atoms with E-state index in [4.69, 9.17) is 0 Å². The van der Waals surface area contributed by atoms with E-state index in [-0.39, 0.29) is 0 Å². The summed E-state index contributed by atoms with van der Waals surface area (Å²) in [6.07, 6.45) is 7.94. The maximum Gasteiger partial charge on any atom is 0.0953 e. The summed E-state index contributed by atoms with van der Waals surface area (Å²) in [7, 11) is 0. The van der Waals surface area contributed by atoms with Gasteiger partial charge in [-0.15, -0.1) is 0 Å². The summed E-state index contributed by atoms with van der Waals surface area (Å²) in [6.45, 7) is 2.86. The van der Waals surface area contributed by atoms with Gasteiger partial charge in [0.1, 0.15) is 0 Å². The molecule has 0 aliphatic heterocycles.